The summed E-state index contributed by atoms with van der Waals surface area (Å²) < 4.78 is 38.5. The largest absolute Gasteiger partial charge is 0.406 e. The third kappa shape index (κ3) is 3.63. The highest BCUT2D eigenvalue weighted by Gasteiger charge is 2.40. The molecule has 0 N–H and O–H groups in total. The van der Waals surface area contributed by atoms with Crippen molar-refractivity contribution in [1.29, 1.82) is 0 Å². The van der Waals surface area contributed by atoms with Crippen LogP contribution in [0.25, 0.3) is 0 Å². The molecule has 0 radical (unpaired) electrons. The smallest absolute Gasteiger partial charge is 0.332 e. The van der Waals surface area contributed by atoms with Crippen molar-refractivity contribution in [2.75, 3.05) is 20.1 Å². The summed E-state index contributed by atoms with van der Waals surface area (Å²) in [5.41, 5.74) is 0. The highest BCUT2D eigenvalue weighted by Crippen LogP contribution is 2.23. The van der Waals surface area contributed by atoms with E-state index in [1.807, 2.05) is 0 Å². The Balaban J connectivity index is 1.95. The third-order valence-corrected chi connectivity index (χ3v) is 3.34. The molecule has 0 bridgehead atoms. The molecule has 0 unspecified atom stereocenters. The summed E-state index contributed by atoms with van der Waals surface area (Å²) in [5, 5.41) is 4.44. The van der Waals surface area contributed by atoms with Crippen molar-refractivity contribution >= 4 is 17.5 Å². The molecule has 1 aromatic heterocycles. The van der Waals surface area contributed by atoms with Gasteiger partial charge in [0.05, 0.1) is 23.9 Å². The second-order valence-corrected chi connectivity index (χ2v) is 5.21. The summed E-state index contributed by atoms with van der Waals surface area (Å²) in [4.78, 5) is 14.5. The number of carbonyl (C=O) groups excluding carboxylic acids is 1. The van der Waals surface area contributed by atoms with Crippen LogP contribution in [0.3, 0.4) is 0 Å². The zero-order valence-corrected chi connectivity index (χ0v) is 11.5. The molecule has 0 aromatic carbocycles. The summed E-state index contributed by atoms with van der Waals surface area (Å²) in [6.45, 7) is -0.778. The van der Waals surface area contributed by atoms with Crippen molar-refractivity contribution in [3.8, 4) is 0 Å². The Morgan fingerprint density at radius 3 is 2.80 bits per heavy atom. The normalized spacial score (nSPS) is 20.2. The maximum atomic E-state index is 12.3. The standard InChI is InChI=1S/C11H14ClF3N4O/c1-17(7-19-5-8(12)4-16-19)9-2-3-18(10(9)20)6-11(13,14)15/h4-5,9H,2-3,6-7H2,1H3/t9-/m0/s1. The molecule has 2 rings (SSSR count). The van der Waals surface area contributed by atoms with Gasteiger partial charge in [-0.15, -0.1) is 0 Å². The first-order valence-electron chi connectivity index (χ1n) is 6.00. The summed E-state index contributed by atoms with van der Waals surface area (Å²) in [6.07, 6.45) is -0.939. The number of likely N-dealkylation sites (N-methyl/N-ethyl adjacent to an activating group) is 1. The minimum absolute atomic E-state index is 0.118. The fourth-order valence-corrected chi connectivity index (χ4v) is 2.40. The lowest BCUT2D eigenvalue weighted by Gasteiger charge is -2.24. The number of halogens is 4. The SMILES string of the molecule is CN(Cn1cc(Cl)cn1)[C@H]1CCN(CC(F)(F)F)C1=O. The Morgan fingerprint density at radius 2 is 2.25 bits per heavy atom. The van der Waals surface area contributed by atoms with Crippen LogP contribution in [0.2, 0.25) is 5.02 Å². The number of rotatable bonds is 4. The molecule has 2 heterocycles. The van der Waals surface area contributed by atoms with Crippen molar-refractivity contribution < 1.29 is 18.0 Å². The van der Waals surface area contributed by atoms with E-state index < -0.39 is 24.7 Å². The van der Waals surface area contributed by atoms with Gasteiger partial charge in [-0.2, -0.15) is 18.3 Å². The van der Waals surface area contributed by atoms with Gasteiger partial charge in [0.25, 0.3) is 0 Å². The molecule has 1 aromatic rings. The third-order valence-electron chi connectivity index (χ3n) is 3.14. The van der Waals surface area contributed by atoms with Crippen LogP contribution in [-0.4, -0.2) is 57.8 Å². The van der Waals surface area contributed by atoms with E-state index in [0.29, 0.717) is 18.1 Å². The Labute approximate surface area is 118 Å². The molecule has 1 aliphatic heterocycles. The zero-order chi connectivity index (χ0) is 14.9. The molecule has 9 heteroatoms. The van der Waals surface area contributed by atoms with E-state index in [1.165, 1.54) is 10.9 Å². The summed E-state index contributed by atoms with van der Waals surface area (Å²) >= 11 is 5.73. The van der Waals surface area contributed by atoms with Gasteiger partial charge in [0.15, 0.2) is 0 Å². The quantitative estimate of drug-likeness (QED) is 0.848. The van der Waals surface area contributed by atoms with Gasteiger partial charge < -0.3 is 4.90 Å². The summed E-state index contributed by atoms with van der Waals surface area (Å²) in [5.74, 6) is -0.497. The van der Waals surface area contributed by atoms with E-state index in [4.69, 9.17) is 11.6 Å². The van der Waals surface area contributed by atoms with Crippen LogP contribution >= 0.6 is 11.6 Å². The van der Waals surface area contributed by atoms with Crippen LogP contribution in [-0.2, 0) is 11.5 Å². The highest BCUT2D eigenvalue weighted by atomic mass is 35.5. The number of alkyl halides is 3. The van der Waals surface area contributed by atoms with Gasteiger partial charge >= 0.3 is 6.18 Å². The van der Waals surface area contributed by atoms with E-state index in [1.54, 1.807) is 18.1 Å². The number of carbonyl (C=O) groups is 1. The Bertz CT molecular complexity index is 490. The molecule has 0 aliphatic carbocycles. The lowest BCUT2D eigenvalue weighted by atomic mass is 10.2. The van der Waals surface area contributed by atoms with E-state index in [2.05, 4.69) is 5.10 Å². The van der Waals surface area contributed by atoms with Crippen LogP contribution in [0.15, 0.2) is 12.4 Å². The fraction of sp³-hybridized carbons (Fsp3) is 0.636. The van der Waals surface area contributed by atoms with Gasteiger partial charge in [-0.3, -0.25) is 14.4 Å². The van der Waals surface area contributed by atoms with Crippen LogP contribution < -0.4 is 0 Å². The van der Waals surface area contributed by atoms with Gasteiger partial charge in [0, 0.05) is 12.7 Å². The summed E-state index contributed by atoms with van der Waals surface area (Å²) in [6, 6.07) is -0.555. The average molecular weight is 311 g/mol. The first-order valence-corrected chi connectivity index (χ1v) is 6.38. The topological polar surface area (TPSA) is 41.4 Å². The van der Waals surface area contributed by atoms with E-state index in [9.17, 15) is 18.0 Å². The van der Waals surface area contributed by atoms with Crippen LogP contribution in [0.1, 0.15) is 6.42 Å². The molecule has 0 saturated carbocycles. The number of hydrogen-bond acceptors (Lipinski definition) is 3. The first kappa shape index (κ1) is 15.1. The Morgan fingerprint density at radius 1 is 1.55 bits per heavy atom. The number of hydrogen-bond donors (Lipinski definition) is 0. The molecule has 1 amide bonds. The minimum atomic E-state index is -4.36. The number of nitrogens with zero attached hydrogens (tertiary/aromatic N) is 4. The second kappa shape index (κ2) is 5.61. The van der Waals surface area contributed by atoms with Gasteiger partial charge in [-0.1, -0.05) is 11.6 Å². The van der Waals surface area contributed by atoms with Gasteiger partial charge in [-0.25, -0.2) is 0 Å². The van der Waals surface area contributed by atoms with Gasteiger partial charge in [0.2, 0.25) is 5.91 Å². The van der Waals surface area contributed by atoms with Crippen LogP contribution in [0, 0.1) is 0 Å². The van der Waals surface area contributed by atoms with Crippen molar-refractivity contribution in [1.82, 2.24) is 19.6 Å². The Hall–Kier alpha value is -1.28. The van der Waals surface area contributed by atoms with E-state index in [0.717, 1.165) is 4.90 Å². The van der Waals surface area contributed by atoms with Crippen molar-refractivity contribution in [3.05, 3.63) is 17.4 Å². The zero-order valence-electron chi connectivity index (χ0n) is 10.8. The monoisotopic (exact) mass is 310 g/mol. The van der Waals surface area contributed by atoms with E-state index in [-0.39, 0.29) is 6.54 Å². The van der Waals surface area contributed by atoms with Gasteiger partial charge in [0.1, 0.15) is 6.54 Å². The fourth-order valence-electron chi connectivity index (χ4n) is 2.25. The molecular weight excluding hydrogens is 297 g/mol. The molecule has 20 heavy (non-hydrogen) atoms. The lowest BCUT2D eigenvalue weighted by Crippen LogP contribution is -2.43. The van der Waals surface area contributed by atoms with Crippen LogP contribution in [0.5, 0.6) is 0 Å². The summed E-state index contributed by atoms with van der Waals surface area (Å²) in [7, 11) is 1.68. The maximum Gasteiger partial charge on any atom is 0.406 e. The molecular formula is C11H14ClF3N4O. The minimum Gasteiger partial charge on any atom is -0.332 e. The van der Waals surface area contributed by atoms with Gasteiger partial charge in [-0.05, 0) is 13.5 Å². The molecule has 1 fully saturated rings. The molecule has 1 aliphatic rings. The Kier molecular flexibility index (Phi) is 4.24. The van der Waals surface area contributed by atoms with Crippen LogP contribution in [0.4, 0.5) is 13.2 Å². The van der Waals surface area contributed by atoms with Crippen molar-refractivity contribution in [3.63, 3.8) is 0 Å². The van der Waals surface area contributed by atoms with Crippen molar-refractivity contribution in [2.45, 2.75) is 25.3 Å². The molecule has 0 spiro atoms. The maximum absolute atomic E-state index is 12.3. The second-order valence-electron chi connectivity index (χ2n) is 4.78. The highest BCUT2D eigenvalue weighted by molar-refractivity contribution is 6.30. The number of aromatic nitrogens is 2. The predicted octanol–water partition coefficient (Wildman–Crippen LogP) is 1.59. The van der Waals surface area contributed by atoms with E-state index >= 15 is 0 Å². The first-order chi connectivity index (χ1) is 9.26. The lowest BCUT2D eigenvalue weighted by molar-refractivity contribution is -0.159. The molecule has 5 nitrogen and oxygen atoms in total. The number of likely N-dealkylation sites (tertiary alicyclic amines) is 1. The molecule has 112 valence electrons. The molecule has 1 saturated heterocycles. The average Bonchev–Trinajstić information content (AvgIpc) is 2.85. The molecule has 1 atom stereocenters. The number of amides is 1. The predicted molar refractivity (Wildman–Crippen MR) is 66.0 cm³/mol. The van der Waals surface area contributed by atoms with Crippen molar-refractivity contribution in [2.24, 2.45) is 0 Å².